The monoisotopic (exact) mass is 576 g/mol. The molecule has 9 nitrogen and oxygen atoms in total. The molecule has 4 heterocycles. The maximum Gasteiger partial charge on any atom is 0.258 e. The average Bonchev–Trinajstić information content (AvgIpc) is 3.44. The Morgan fingerprint density at radius 3 is 2.15 bits per heavy atom. The number of anilines is 2. The Labute approximate surface area is 241 Å². The molecule has 3 aliphatic heterocycles. The highest BCUT2D eigenvalue weighted by Crippen LogP contribution is 2.40. The fourth-order valence-electron chi connectivity index (χ4n) is 6.01. The topological polar surface area (TPSA) is 84.3 Å². The second-order valence-corrected chi connectivity index (χ2v) is 12.5. The van der Waals surface area contributed by atoms with Gasteiger partial charge in [0.05, 0.1) is 37.0 Å². The third-order valence-corrected chi connectivity index (χ3v) is 10.1. The van der Waals surface area contributed by atoms with E-state index in [1.54, 1.807) is 23.1 Å². The molecule has 0 atom stereocenters. The summed E-state index contributed by atoms with van der Waals surface area (Å²) in [5.41, 5.74) is 7.09. The quantitative estimate of drug-likeness (QED) is 0.415. The number of carbonyl (C=O) groups excluding carboxylic acids is 1. The molecular weight excluding hydrogens is 540 g/mol. The average molecular weight is 577 g/mol. The van der Waals surface area contributed by atoms with Gasteiger partial charge in [0.15, 0.2) is 0 Å². The van der Waals surface area contributed by atoms with Crippen LogP contribution in [-0.4, -0.2) is 82.3 Å². The first-order valence-electron chi connectivity index (χ1n) is 14.2. The molecule has 0 aliphatic carbocycles. The number of sulfonamides is 1. The van der Waals surface area contributed by atoms with Crippen LogP contribution in [0.3, 0.4) is 0 Å². The van der Waals surface area contributed by atoms with Gasteiger partial charge in [0, 0.05) is 66.6 Å². The van der Waals surface area contributed by atoms with Crippen molar-refractivity contribution in [3.05, 3.63) is 71.0 Å². The van der Waals surface area contributed by atoms with Crippen LogP contribution in [0.25, 0.3) is 17.3 Å². The molecule has 0 spiro atoms. The summed E-state index contributed by atoms with van der Waals surface area (Å²) in [6.07, 6.45) is 1.91. The van der Waals surface area contributed by atoms with Gasteiger partial charge in [-0.05, 0) is 80.9 Å². The molecule has 0 unspecified atom stereocenters. The van der Waals surface area contributed by atoms with Crippen LogP contribution >= 0.6 is 0 Å². The zero-order chi connectivity index (χ0) is 28.7. The lowest BCUT2D eigenvalue weighted by molar-refractivity contribution is -0.112. The molecule has 1 amide bonds. The van der Waals surface area contributed by atoms with Crippen LogP contribution in [0, 0.1) is 13.8 Å². The fourth-order valence-corrected chi connectivity index (χ4v) is 7.44. The third-order valence-electron chi connectivity index (χ3n) is 8.20. The first-order chi connectivity index (χ1) is 19.8. The van der Waals surface area contributed by atoms with E-state index in [1.807, 2.05) is 19.9 Å². The van der Waals surface area contributed by atoms with Gasteiger partial charge in [-0.1, -0.05) is 0 Å². The van der Waals surface area contributed by atoms with Gasteiger partial charge in [-0.3, -0.25) is 4.79 Å². The van der Waals surface area contributed by atoms with Crippen molar-refractivity contribution >= 4 is 39.0 Å². The molecular formula is C31H36N4O5S. The number of ether oxygens (including phenoxy) is 2. The molecule has 10 heteroatoms. The van der Waals surface area contributed by atoms with Crippen molar-refractivity contribution in [2.45, 2.75) is 25.7 Å². The van der Waals surface area contributed by atoms with Crippen LogP contribution in [0.2, 0.25) is 0 Å². The van der Waals surface area contributed by atoms with E-state index in [0.29, 0.717) is 44.0 Å². The van der Waals surface area contributed by atoms with E-state index >= 15 is 0 Å². The summed E-state index contributed by atoms with van der Waals surface area (Å²) in [5, 5.41) is 0. The van der Waals surface area contributed by atoms with Crippen LogP contribution < -0.4 is 9.80 Å². The molecule has 0 bridgehead atoms. The van der Waals surface area contributed by atoms with Crippen LogP contribution in [0.15, 0.2) is 53.4 Å². The van der Waals surface area contributed by atoms with E-state index in [1.165, 1.54) is 9.99 Å². The minimum absolute atomic E-state index is 0.122. The van der Waals surface area contributed by atoms with Crippen LogP contribution in [0.1, 0.15) is 29.4 Å². The number of hydrogen-bond donors (Lipinski definition) is 0. The van der Waals surface area contributed by atoms with Crippen molar-refractivity contribution in [3.8, 4) is 5.69 Å². The highest BCUT2D eigenvalue weighted by Gasteiger charge is 2.34. The second-order valence-electron chi connectivity index (χ2n) is 10.6. The second kappa shape index (κ2) is 11.1. The molecule has 3 aliphatic rings. The maximum atomic E-state index is 13.6. The summed E-state index contributed by atoms with van der Waals surface area (Å²) in [7, 11) is -3.70. The fraction of sp³-hybridized carbons (Fsp3) is 0.387. The highest BCUT2D eigenvalue weighted by molar-refractivity contribution is 7.89. The number of morpholine rings is 2. The Morgan fingerprint density at radius 1 is 0.854 bits per heavy atom. The summed E-state index contributed by atoms with van der Waals surface area (Å²) in [4.78, 5) is 17.8. The number of likely N-dealkylation sites (N-methyl/N-ethyl adjacent to an activating group) is 1. The van der Waals surface area contributed by atoms with Gasteiger partial charge >= 0.3 is 0 Å². The lowest BCUT2D eigenvalue weighted by atomic mass is 10.0. The molecule has 3 aromatic rings. The van der Waals surface area contributed by atoms with E-state index in [4.69, 9.17) is 9.47 Å². The number of benzene rings is 2. The zero-order valence-corrected chi connectivity index (χ0v) is 24.6. The van der Waals surface area contributed by atoms with E-state index < -0.39 is 10.0 Å². The van der Waals surface area contributed by atoms with Crippen LogP contribution in [0.5, 0.6) is 0 Å². The summed E-state index contributed by atoms with van der Waals surface area (Å²) in [6, 6.07) is 15.6. The standard InChI is InChI=1S/C31H36N4O5S/c1-4-34-30-10-9-27(41(37,38)33-13-17-40-18-14-33)21-28(30)29(31(34)36)20-24-19-22(2)35(23(24)3)26-7-5-25(6-8-26)32-11-15-39-16-12-32/h5-10,19-21H,4,11-18H2,1-3H3/b29-20-. The van der Waals surface area contributed by atoms with E-state index in [9.17, 15) is 13.2 Å². The molecule has 0 radical (unpaired) electrons. The normalized spacial score (nSPS) is 19.3. The van der Waals surface area contributed by atoms with Crippen molar-refractivity contribution < 1.29 is 22.7 Å². The Bertz CT molecular complexity index is 1600. The molecule has 41 heavy (non-hydrogen) atoms. The van der Waals surface area contributed by atoms with Crippen LogP contribution in [0.4, 0.5) is 11.4 Å². The largest absolute Gasteiger partial charge is 0.379 e. The smallest absolute Gasteiger partial charge is 0.258 e. The van der Waals surface area contributed by atoms with Crippen molar-refractivity contribution in [1.29, 1.82) is 0 Å². The Morgan fingerprint density at radius 2 is 1.49 bits per heavy atom. The van der Waals surface area contributed by atoms with Gasteiger partial charge in [0.2, 0.25) is 10.0 Å². The van der Waals surface area contributed by atoms with Gasteiger partial charge < -0.3 is 23.8 Å². The molecule has 216 valence electrons. The number of aromatic nitrogens is 1. The lowest BCUT2D eigenvalue weighted by Crippen LogP contribution is -2.40. The molecule has 2 aromatic carbocycles. The minimum atomic E-state index is -3.70. The predicted octanol–water partition coefficient (Wildman–Crippen LogP) is 3.86. The van der Waals surface area contributed by atoms with Crippen molar-refractivity contribution in [3.63, 3.8) is 0 Å². The van der Waals surface area contributed by atoms with E-state index in [-0.39, 0.29) is 10.8 Å². The Hall–Kier alpha value is -3.44. The third kappa shape index (κ3) is 4.99. The molecule has 2 saturated heterocycles. The van der Waals surface area contributed by atoms with Gasteiger partial charge in [-0.2, -0.15) is 4.31 Å². The summed E-state index contributed by atoms with van der Waals surface area (Å²) < 4.78 is 41.3. The summed E-state index contributed by atoms with van der Waals surface area (Å²) in [5.74, 6) is -0.122. The van der Waals surface area contributed by atoms with Gasteiger partial charge in [-0.15, -0.1) is 0 Å². The summed E-state index contributed by atoms with van der Waals surface area (Å²) >= 11 is 0. The summed E-state index contributed by atoms with van der Waals surface area (Å²) in [6.45, 7) is 11.2. The number of rotatable bonds is 6. The minimum Gasteiger partial charge on any atom is -0.379 e. The Kier molecular flexibility index (Phi) is 7.50. The number of aryl methyl sites for hydroxylation is 1. The molecule has 1 aromatic heterocycles. The molecule has 2 fully saturated rings. The van der Waals surface area contributed by atoms with Crippen molar-refractivity contribution in [2.24, 2.45) is 0 Å². The number of fused-ring (bicyclic) bond motifs is 1. The van der Waals surface area contributed by atoms with Gasteiger partial charge in [0.1, 0.15) is 0 Å². The SMILES string of the molecule is CCN1C(=O)/C(=C\c2cc(C)n(-c3ccc(N4CCOCC4)cc3)c2C)c2cc(S(=O)(=O)N3CCOCC3)ccc21. The maximum absolute atomic E-state index is 13.6. The predicted molar refractivity (Wildman–Crippen MR) is 160 cm³/mol. The number of nitrogens with zero attached hydrogens (tertiary/aromatic N) is 4. The lowest BCUT2D eigenvalue weighted by Gasteiger charge is -2.29. The Balaban J connectivity index is 1.36. The molecule has 0 N–H and O–H groups in total. The van der Waals surface area contributed by atoms with Crippen molar-refractivity contribution in [2.75, 3.05) is 69.0 Å². The van der Waals surface area contributed by atoms with Crippen LogP contribution in [-0.2, 0) is 24.3 Å². The zero-order valence-electron chi connectivity index (χ0n) is 23.8. The number of hydrogen-bond acceptors (Lipinski definition) is 6. The van der Waals surface area contributed by atoms with Crippen molar-refractivity contribution in [1.82, 2.24) is 8.87 Å². The van der Waals surface area contributed by atoms with Gasteiger partial charge in [0.25, 0.3) is 5.91 Å². The van der Waals surface area contributed by atoms with Gasteiger partial charge in [-0.25, -0.2) is 8.42 Å². The first-order valence-corrected chi connectivity index (χ1v) is 15.6. The highest BCUT2D eigenvalue weighted by atomic mass is 32.2. The molecule has 0 saturated carbocycles. The number of carbonyl (C=O) groups is 1. The first kappa shape index (κ1) is 27.7. The number of amides is 1. The van der Waals surface area contributed by atoms with E-state index in [0.717, 1.165) is 54.6 Å². The molecule has 6 rings (SSSR count). The van der Waals surface area contributed by atoms with E-state index in [2.05, 4.69) is 46.7 Å².